The first kappa shape index (κ1) is 22.0. The fraction of sp³-hybridized carbons (Fsp3) is 0.192. The third kappa shape index (κ3) is 4.24. The van der Waals surface area contributed by atoms with Gasteiger partial charge in [-0.15, -0.1) is 0 Å². The number of alkyl halides is 3. The zero-order valence-electron chi connectivity index (χ0n) is 18.2. The molecule has 4 aromatic rings. The van der Waals surface area contributed by atoms with Crippen LogP contribution in [-0.2, 0) is 19.3 Å². The lowest BCUT2D eigenvalue weighted by atomic mass is 9.99. The van der Waals surface area contributed by atoms with Gasteiger partial charge in [0.15, 0.2) is 5.58 Å². The molecule has 1 atom stereocenters. The number of hydrogen-bond acceptors (Lipinski definition) is 4. The van der Waals surface area contributed by atoms with Crippen molar-refractivity contribution in [3.8, 4) is 22.6 Å². The zero-order valence-corrected chi connectivity index (χ0v) is 18.2. The Bertz CT molecular complexity index is 1410. The topological polar surface area (TPSA) is 53.1 Å². The van der Waals surface area contributed by atoms with Crippen molar-refractivity contribution in [3.05, 3.63) is 93.8 Å². The summed E-state index contributed by atoms with van der Waals surface area (Å²) in [6.45, 7) is 1.07. The van der Waals surface area contributed by atoms with E-state index in [0.29, 0.717) is 35.7 Å². The van der Waals surface area contributed by atoms with Crippen molar-refractivity contribution in [2.75, 3.05) is 13.8 Å². The lowest BCUT2D eigenvalue weighted by Crippen LogP contribution is -3.10. The first-order valence-electron chi connectivity index (χ1n) is 10.7. The van der Waals surface area contributed by atoms with E-state index in [-0.39, 0.29) is 6.73 Å². The number of ether oxygens (including phenoxy) is 2. The minimum absolute atomic E-state index is 0.289. The maximum absolute atomic E-state index is 13.1. The van der Waals surface area contributed by atoms with Crippen molar-refractivity contribution < 1.29 is 32.0 Å². The van der Waals surface area contributed by atoms with Gasteiger partial charge in [-0.05, 0) is 47.5 Å². The van der Waals surface area contributed by atoms with Gasteiger partial charge in [0, 0.05) is 17.0 Å². The molecular weight excluding hydrogens is 447 g/mol. The summed E-state index contributed by atoms with van der Waals surface area (Å²) >= 11 is 0. The summed E-state index contributed by atoms with van der Waals surface area (Å²) < 4.78 is 56.0. The third-order valence-electron chi connectivity index (χ3n) is 5.94. The van der Waals surface area contributed by atoms with Crippen LogP contribution in [0.15, 0.2) is 75.9 Å². The van der Waals surface area contributed by atoms with Crippen molar-refractivity contribution in [2.24, 2.45) is 0 Å². The zero-order chi connectivity index (χ0) is 23.9. The Morgan fingerprint density at radius 1 is 1.03 bits per heavy atom. The predicted octanol–water partition coefficient (Wildman–Crippen LogP) is 4.42. The fourth-order valence-corrected chi connectivity index (χ4v) is 4.32. The van der Waals surface area contributed by atoms with E-state index in [0.717, 1.165) is 39.1 Å². The van der Waals surface area contributed by atoms with Crippen molar-refractivity contribution >= 4 is 11.0 Å². The quantitative estimate of drug-likeness (QED) is 0.451. The van der Waals surface area contributed by atoms with Gasteiger partial charge in [-0.3, -0.25) is 4.90 Å². The number of methoxy groups -OCH3 is 1. The van der Waals surface area contributed by atoms with E-state index in [1.165, 1.54) is 12.1 Å². The molecule has 0 spiro atoms. The van der Waals surface area contributed by atoms with Crippen LogP contribution in [0.5, 0.6) is 11.5 Å². The summed E-state index contributed by atoms with van der Waals surface area (Å²) in [7, 11) is 1.58. The molecule has 174 valence electrons. The van der Waals surface area contributed by atoms with Crippen LogP contribution in [0.3, 0.4) is 0 Å². The molecule has 3 aromatic carbocycles. The molecule has 0 amide bonds. The molecule has 0 fully saturated rings. The average molecular weight is 468 g/mol. The Kier molecular flexibility index (Phi) is 5.53. The van der Waals surface area contributed by atoms with Crippen LogP contribution in [0, 0.1) is 0 Å². The lowest BCUT2D eigenvalue weighted by molar-refractivity contribution is -0.945. The highest BCUT2D eigenvalue weighted by Gasteiger charge is 2.31. The molecule has 5 rings (SSSR count). The molecule has 1 unspecified atom stereocenters. The number of hydrogen-bond donors (Lipinski definition) is 1. The van der Waals surface area contributed by atoms with E-state index < -0.39 is 17.4 Å². The van der Waals surface area contributed by atoms with Gasteiger partial charge >= 0.3 is 11.8 Å². The largest absolute Gasteiger partial charge is 0.497 e. The van der Waals surface area contributed by atoms with Gasteiger partial charge in [-0.1, -0.05) is 24.3 Å². The molecule has 1 aromatic heterocycles. The van der Waals surface area contributed by atoms with Crippen molar-refractivity contribution in [1.82, 2.24) is 0 Å². The molecule has 5 nitrogen and oxygen atoms in total. The minimum atomic E-state index is -4.40. The number of quaternary nitrogens is 1. The van der Waals surface area contributed by atoms with E-state index in [9.17, 15) is 18.0 Å². The first-order valence-corrected chi connectivity index (χ1v) is 10.7. The summed E-state index contributed by atoms with van der Waals surface area (Å²) in [6, 6.07) is 17.8. The van der Waals surface area contributed by atoms with Gasteiger partial charge in [-0.2, -0.15) is 13.2 Å². The predicted molar refractivity (Wildman–Crippen MR) is 120 cm³/mol. The second-order valence-electron chi connectivity index (χ2n) is 8.22. The lowest BCUT2D eigenvalue weighted by Gasteiger charge is -2.27. The molecule has 0 bridgehead atoms. The Hall–Kier alpha value is -3.78. The van der Waals surface area contributed by atoms with Crippen LogP contribution >= 0.6 is 0 Å². The van der Waals surface area contributed by atoms with Gasteiger partial charge in [0.1, 0.15) is 24.6 Å². The summed E-state index contributed by atoms with van der Waals surface area (Å²) in [5.41, 5.74) is 2.10. The Morgan fingerprint density at radius 2 is 1.82 bits per heavy atom. The van der Waals surface area contributed by atoms with Crippen LogP contribution in [0.25, 0.3) is 22.1 Å². The van der Waals surface area contributed by atoms with Crippen LogP contribution in [-0.4, -0.2) is 13.8 Å². The Balaban J connectivity index is 1.50. The number of nitrogens with one attached hydrogen (secondary N) is 1. The van der Waals surface area contributed by atoms with Gasteiger partial charge < -0.3 is 13.9 Å². The molecule has 1 N–H and O–H groups in total. The van der Waals surface area contributed by atoms with Crippen molar-refractivity contribution in [3.63, 3.8) is 0 Å². The number of rotatable bonds is 4. The van der Waals surface area contributed by atoms with E-state index >= 15 is 0 Å². The Labute approximate surface area is 192 Å². The summed E-state index contributed by atoms with van der Waals surface area (Å²) in [5.74, 6) is 1.31. The third-order valence-corrected chi connectivity index (χ3v) is 5.94. The molecule has 34 heavy (non-hydrogen) atoms. The molecule has 1 aliphatic heterocycles. The highest BCUT2D eigenvalue weighted by Crippen LogP contribution is 2.35. The highest BCUT2D eigenvalue weighted by atomic mass is 19.4. The minimum Gasteiger partial charge on any atom is -0.497 e. The van der Waals surface area contributed by atoms with Gasteiger partial charge in [0.05, 0.1) is 18.2 Å². The summed E-state index contributed by atoms with van der Waals surface area (Å²) in [4.78, 5) is 13.3. The van der Waals surface area contributed by atoms with Gasteiger partial charge in [0.25, 0.3) is 0 Å². The standard InChI is InChI=1S/C26H20F3NO4/c1-32-19-7-5-17(6-8-19)21-12-24(31)34-25-20(21)9-10-23-22(25)14-30(15-33-23)13-16-3-2-4-18(11-16)26(27,28)29/h2-12H,13-15H2,1H3/p+1. The number of fused-ring (bicyclic) bond motifs is 3. The Morgan fingerprint density at radius 3 is 2.56 bits per heavy atom. The summed E-state index contributed by atoms with van der Waals surface area (Å²) in [5, 5.41) is 0.757. The van der Waals surface area contributed by atoms with Crippen LogP contribution in [0.1, 0.15) is 16.7 Å². The first-order chi connectivity index (χ1) is 16.3. The van der Waals surface area contributed by atoms with Crippen LogP contribution < -0.4 is 20.0 Å². The maximum atomic E-state index is 13.1. The molecule has 8 heteroatoms. The van der Waals surface area contributed by atoms with Crippen LogP contribution in [0.2, 0.25) is 0 Å². The second kappa shape index (κ2) is 8.53. The monoisotopic (exact) mass is 468 g/mol. The maximum Gasteiger partial charge on any atom is 0.416 e. The summed E-state index contributed by atoms with van der Waals surface area (Å²) in [6.07, 6.45) is -4.40. The van der Waals surface area contributed by atoms with Crippen LogP contribution in [0.4, 0.5) is 13.2 Å². The van der Waals surface area contributed by atoms with Gasteiger partial charge in [-0.25, -0.2) is 4.79 Å². The van der Waals surface area contributed by atoms with E-state index in [1.807, 2.05) is 36.4 Å². The average Bonchev–Trinajstić information content (AvgIpc) is 2.83. The molecule has 0 saturated heterocycles. The van der Waals surface area contributed by atoms with E-state index in [2.05, 4.69) is 0 Å². The second-order valence-corrected chi connectivity index (χ2v) is 8.22. The smallest absolute Gasteiger partial charge is 0.416 e. The molecule has 0 radical (unpaired) electrons. The highest BCUT2D eigenvalue weighted by molar-refractivity contribution is 5.95. The van der Waals surface area contributed by atoms with Gasteiger partial charge in [0.2, 0.25) is 6.73 Å². The molecule has 2 heterocycles. The number of benzene rings is 3. The fourth-order valence-electron chi connectivity index (χ4n) is 4.32. The normalized spacial score (nSPS) is 15.6. The molecule has 1 aliphatic rings. The number of halogens is 3. The van der Waals surface area contributed by atoms with Crippen molar-refractivity contribution in [1.29, 1.82) is 0 Å². The van der Waals surface area contributed by atoms with E-state index in [4.69, 9.17) is 13.9 Å². The molecule has 0 saturated carbocycles. The van der Waals surface area contributed by atoms with E-state index in [1.54, 1.807) is 13.2 Å². The SMILES string of the molecule is COc1ccc(-c2cc(=O)oc3c4c(ccc23)OC[NH+](Cc2cccc(C(F)(F)F)c2)C4)cc1. The molecule has 0 aliphatic carbocycles. The van der Waals surface area contributed by atoms with Crippen molar-refractivity contribution in [2.45, 2.75) is 19.3 Å². The molecular formula is C26H21F3NO4+.